The molecule has 0 atom stereocenters. The van der Waals surface area contributed by atoms with Crippen molar-refractivity contribution in [3.05, 3.63) is 30.3 Å². The molecule has 0 bridgehead atoms. The van der Waals surface area contributed by atoms with Gasteiger partial charge in [-0.05, 0) is 23.7 Å². The van der Waals surface area contributed by atoms with Crippen LogP contribution < -0.4 is 5.19 Å². The zero-order chi connectivity index (χ0) is 12.6. The minimum Gasteiger partial charge on any atom is -0.412 e. The minimum atomic E-state index is -1.69. The van der Waals surface area contributed by atoms with Crippen molar-refractivity contribution in [3.63, 3.8) is 0 Å². The molecule has 96 valence electrons. The second kappa shape index (κ2) is 7.67. The summed E-state index contributed by atoms with van der Waals surface area (Å²) in [6.07, 6.45) is 3.57. The maximum absolute atomic E-state index is 6.38. The van der Waals surface area contributed by atoms with E-state index in [2.05, 4.69) is 51.1 Å². The van der Waals surface area contributed by atoms with Crippen LogP contribution in [0.15, 0.2) is 30.3 Å². The first-order valence-electron chi connectivity index (χ1n) is 6.98. The van der Waals surface area contributed by atoms with Gasteiger partial charge in [0.05, 0.1) is 0 Å². The fourth-order valence-electron chi connectivity index (χ4n) is 2.49. The number of hydrogen-bond donors (Lipinski definition) is 0. The lowest BCUT2D eigenvalue weighted by Gasteiger charge is -2.31. The van der Waals surface area contributed by atoms with E-state index < -0.39 is 8.32 Å². The molecule has 0 saturated carbocycles. The summed E-state index contributed by atoms with van der Waals surface area (Å²) in [5.41, 5.74) is 0. The Morgan fingerprint density at radius 1 is 0.882 bits per heavy atom. The van der Waals surface area contributed by atoms with Crippen molar-refractivity contribution in [1.29, 1.82) is 0 Å². The highest BCUT2D eigenvalue weighted by Crippen LogP contribution is 2.21. The van der Waals surface area contributed by atoms with Gasteiger partial charge in [-0.25, -0.2) is 0 Å². The highest BCUT2D eigenvalue weighted by atomic mass is 28.4. The maximum Gasteiger partial charge on any atom is 0.224 e. The second-order valence-electron chi connectivity index (χ2n) is 4.71. The molecule has 0 aliphatic rings. The molecule has 0 fully saturated rings. The SMILES string of the molecule is CCCO[Si](CCC)(CCC)c1ccccc1. The van der Waals surface area contributed by atoms with Crippen molar-refractivity contribution in [2.75, 3.05) is 6.61 Å². The second-order valence-corrected chi connectivity index (χ2v) is 8.56. The Labute approximate surface area is 107 Å². The summed E-state index contributed by atoms with van der Waals surface area (Å²) in [5.74, 6) is 0. The first kappa shape index (κ1) is 14.5. The van der Waals surface area contributed by atoms with Crippen LogP contribution in [0, 0.1) is 0 Å². The van der Waals surface area contributed by atoms with E-state index in [1.807, 2.05) is 0 Å². The smallest absolute Gasteiger partial charge is 0.224 e. The quantitative estimate of drug-likeness (QED) is 0.632. The summed E-state index contributed by atoms with van der Waals surface area (Å²) in [6, 6.07) is 13.5. The predicted octanol–water partition coefficient (Wildman–Crippen LogP) is 4.09. The normalized spacial score (nSPS) is 11.7. The number of rotatable bonds is 8. The van der Waals surface area contributed by atoms with E-state index in [9.17, 15) is 0 Å². The van der Waals surface area contributed by atoms with Crippen LogP contribution in [0.5, 0.6) is 0 Å². The Kier molecular flexibility index (Phi) is 6.52. The molecule has 17 heavy (non-hydrogen) atoms. The van der Waals surface area contributed by atoms with Gasteiger partial charge >= 0.3 is 0 Å². The van der Waals surface area contributed by atoms with Crippen molar-refractivity contribution in [2.45, 2.75) is 52.1 Å². The van der Waals surface area contributed by atoms with Crippen molar-refractivity contribution < 1.29 is 4.43 Å². The molecule has 0 radical (unpaired) electrons. The molecule has 0 amide bonds. The molecule has 1 aromatic rings. The maximum atomic E-state index is 6.38. The van der Waals surface area contributed by atoms with Gasteiger partial charge in [0.25, 0.3) is 0 Å². The molecule has 0 aliphatic heterocycles. The Bertz CT molecular complexity index is 291. The topological polar surface area (TPSA) is 9.23 Å². The molecule has 1 rings (SSSR count). The molecule has 1 nitrogen and oxygen atoms in total. The van der Waals surface area contributed by atoms with Crippen LogP contribution in [-0.2, 0) is 4.43 Å². The highest BCUT2D eigenvalue weighted by molar-refractivity contribution is 6.86. The summed E-state index contributed by atoms with van der Waals surface area (Å²) in [5, 5.41) is 1.48. The molecule has 0 aliphatic carbocycles. The Morgan fingerprint density at radius 3 is 1.94 bits per heavy atom. The van der Waals surface area contributed by atoms with Crippen LogP contribution >= 0.6 is 0 Å². The molecule has 0 N–H and O–H groups in total. The van der Waals surface area contributed by atoms with E-state index in [1.54, 1.807) is 0 Å². The summed E-state index contributed by atoms with van der Waals surface area (Å²) < 4.78 is 6.38. The molecular formula is C15H26OSi. The third-order valence-electron chi connectivity index (χ3n) is 3.19. The average Bonchev–Trinajstić information content (AvgIpc) is 2.37. The third kappa shape index (κ3) is 3.97. The summed E-state index contributed by atoms with van der Waals surface area (Å²) in [4.78, 5) is 0. The number of hydrogen-bond acceptors (Lipinski definition) is 1. The fraction of sp³-hybridized carbons (Fsp3) is 0.600. The third-order valence-corrected chi connectivity index (χ3v) is 7.95. The van der Waals surface area contributed by atoms with Gasteiger partial charge in [0.2, 0.25) is 8.32 Å². The van der Waals surface area contributed by atoms with Gasteiger partial charge in [-0.15, -0.1) is 0 Å². The first-order valence-corrected chi connectivity index (χ1v) is 9.30. The lowest BCUT2D eigenvalue weighted by Crippen LogP contribution is -2.50. The zero-order valence-corrected chi connectivity index (χ0v) is 12.5. The van der Waals surface area contributed by atoms with Gasteiger partial charge in [0, 0.05) is 6.61 Å². The fourth-order valence-corrected chi connectivity index (χ4v) is 6.78. The van der Waals surface area contributed by atoms with Crippen LogP contribution in [0.1, 0.15) is 40.0 Å². The first-order chi connectivity index (χ1) is 8.29. The molecule has 2 heteroatoms. The Morgan fingerprint density at radius 2 is 1.47 bits per heavy atom. The van der Waals surface area contributed by atoms with Crippen molar-refractivity contribution in [2.24, 2.45) is 0 Å². The van der Waals surface area contributed by atoms with Crippen LogP contribution in [0.4, 0.5) is 0 Å². The van der Waals surface area contributed by atoms with Gasteiger partial charge in [-0.1, -0.05) is 63.9 Å². The lowest BCUT2D eigenvalue weighted by atomic mass is 10.4. The van der Waals surface area contributed by atoms with E-state index in [-0.39, 0.29) is 0 Å². The van der Waals surface area contributed by atoms with Crippen LogP contribution in [-0.4, -0.2) is 14.9 Å². The molecule has 1 aromatic carbocycles. The van der Waals surface area contributed by atoms with Crippen molar-refractivity contribution in [3.8, 4) is 0 Å². The zero-order valence-electron chi connectivity index (χ0n) is 11.5. The Hall–Kier alpha value is -0.603. The minimum absolute atomic E-state index is 0.918. The Balaban J connectivity index is 2.95. The van der Waals surface area contributed by atoms with Crippen LogP contribution in [0.2, 0.25) is 12.1 Å². The van der Waals surface area contributed by atoms with Crippen molar-refractivity contribution >= 4 is 13.5 Å². The monoisotopic (exact) mass is 250 g/mol. The van der Waals surface area contributed by atoms with E-state index in [1.165, 1.54) is 30.1 Å². The van der Waals surface area contributed by atoms with E-state index in [0.29, 0.717) is 0 Å². The van der Waals surface area contributed by atoms with Gasteiger partial charge in [0.15, 0.2) is 0 Å². The van der Waals surface area contributed by atoms with E-state index in [0.717, 1.165) is 13.0 Å². The molecule has 0 spiro atoms. The molecule has 0 heterocycles. The van der Waals surface area contributed by atoms with Crippen molar-refractivity contribution in [1.82, 2.24) is 0 Å². The van der Waals surface area contributed by atoms with Gasteiger partial charge in [-0.2, -0.15) is 0 Å². The average molecular weight is 250 g/mol. The van der Waals surface area contributed by atoms with Gasteiger partial charge < -0.3 is 4.43 Å². The largest absolute Gasteiger partial charge is 0.412 e. The van der Waals surface area contributed by atoms with Crippen LogP contribution in [0.25, 0.3) is 0 Å². The summed E-state index contributed by atoms with van der Waals surface area (Å²) >= 11 is 0. The molecule has 0 aromatic heterocycles. The standard InChI is InChI=1S/C15H26OSi/c1-4-12-16-17(13-5-2,14-6-3)15-10-8-7-9-11-15/h7-11H,4-6,12-14H2,1-3H3. The predicted molar refractivity (Wildman–Crippen MR) is 78.3 cm³/mol. The number of benzene rings is 1. The van der Waals surface area contributed by atoms with E-state index in [4.69, 9.17) is 4.43 Å². The lowest BCUT2D eigenvalue weighted by molar-refractivity contribution is 0.305. The van der Waals surface area contributed by atoms with Gasteiger partial charge in [0.1, 0.15) is 0 Å². The highest BCUT2D eigenvalue weighted by Gasteiger charge is 2.34. The van der Waals surface area contributed by atoms with Crippen LogP contribution in [0.3, 0.4) is 0 Å². The molecule has 0 unspecified atom stereocenters. The molecule has 0 saturated heterocycles. The van der Waals surface area contributed by atoms with Gasteiger partial charge in [-0.3, -0.25) is 0 Å². The molecular weight excluding hydrogens is 224 g/mol. The summed E-state index contributed by atoms with van der Waals surface area (Å²) in [7, 11) is -1.69. The summed E-state index contributed by atoms with van der Waals surface area (Å²) in [6.45, 7) is 7.66. The van der Waals surface area contributed by atoms with E-state index >= 15 is 0 Å².